The van der Waals surface area contributed by atoms with E-state index in [1.807, 2.05) is 24.3 Å². The minimum Gasteiger partial charge on any atom is -0.497 e. The Morgan fingerprint density at radius 2 is 1.81 bits per heavy atom. The fourth-order valence-corrected chi connectivity index (χ4v) is 3.32. The number of nitrogens with one attached hydrogen (secondary N) is 2. The summed E-state index contributed by atoms with van der Waals surface area (Å²) in [5.74, 6) is 0.659. The average Bonchev–Trinajstić information content (AvgIpc) is 2.70. The highest BCUT2D eigenvalue weighted by molar-refractivity contribution is 5.79. The van der Waals surface area contributed by atoms with Crippen LogP contribution in [-0.2, 0) is 11.2 Å². The molecular weight excluding hydrogens is 331 g/mol. The molecule has 1 atom stereocenters. The summed E-state index contributed by atoms with van der Waals surface area (Å²) in [6, 6.07) is 14.0. The number of hydrogen-bond acceptors (Lipinski definition) is 3. The van der Waals surface area contributed by atoms with Gasteiger partial charge in [-0.05, 0) is 67.7 Å². The van der Waals surface area contributed by atoms with E-state index in [0.29, 0.717) is 6.42 Å². The quantitative estimate of drug-likeness (QED) is 0.835. The molecule has 1 saturated heterocycles. The van der Waals surface area contributed by atoms with Crippen LogP contribution < -0.4 is 15.4 Å². The van der Waals surface area contributed by atoms with E-state index in [-0.39, 0.29) is 23.7 Å². The lowest BCUT2D eigenvalue weighted by Crippen LogP contribution is -2.40. The number of halogens is 1. The number of methoxy groups -OCH3 is 1. The van der Waals surface area contributed by atoms with Gasteiger partial charge in [-0.15, -0.1) is 0 Å². The topological polar surface area (TPSA) is 50.4 Å². The second-order valence-corrected chi connectivity index (χ2v) is 6.69. The molecule has 1 amide bonds. The monoisotopic (exact) mass is 356 g/mol. The van der Waals surface area contributed by atoms with Gasteiger partial charge in [-0.2, -0.15) is 0 Å². The summed E-state index contributed by atoms with van der Waals surface area (Å²) >= 11 is 0. The maximum absolute atomic E-state index is 13.2. The Balaban J connectivity index is 1.77. The lowest BCUT2D eigenvalue weighted by molar-refractivity contribution is -0.126. The van der Waals surface area contributed by atoms with Crippen LogP contribution in [0.2, 0.25) is 0 Å². The van der Waals surface area contributed by atoms with Crippen molar-refractivity contribution >= 4 is 5.91 Å². The molecule has 3 rings (SSSR count). The predicted molar refractivity (Wildman–Crippen MR) is 99.6 cm³/mol. The molecule has 0 aliphatic carbocycles. The molecule has 26 heavy (non-hydrogen) atoms. The van der Waals surface area contributed by atoms with Crippen LogP contribution in [0.3, 0.4) is 0 Å². The third-order valence-electron chi connectivity index (χ3n) is 4.90. The summed E-state index contributed by atoms with van der Waals surface area (Å²) in [6.07, 6.45) is 2.33. The molecule has 1 aliphatic heterocycles. The van der Waals surface area contributed by atoms with Crippen molar-refractivity contribution in [2.75, 3.05) is 20.2 Å². The maximum Gasteiger partial charge on any atom is 0.223 e. The molecule has 2 N–H and O–H groups in total. The van der Waals surface area contributed by atoms with E-state index >= 15 is 0 Å². The SMILES string of the molecule is COc1ccc(C(Cc2ccc(F)cc2)NC(=O)C2CCNCC2)cc1. The van der Waals surface area contributed by atoms with E-state index in [1.54, 1.807) is 19.2 Å². The minimum atomic E-state index is -0.256. The van der Waals surface area contributed by atoms with Crippen LogP contribution in [0.25, 0.3) is 0 Å². The van der Waals surface area contributed by atoms with Crippen molar-refractivity contribution in [3.63, 3.8) is 0 Å². The maximum atomic E-state index is 13.2. The van der Waals surface area contributed by atoms with Crippen molar-refractivity contribution in [1.29, 1.82) is 0 Å². The molecule has 0 spiro atoms. The van der Waals surface area contributed by atoms with Gasteiger partial charge in [0.2, 0.25) is 5.91 Å². The zero-order valence-corrected chi connectivity index (χ0v) is 15.0. The Labute approximate surface area is 153 Å². The molecule has 2 aromatic rings. The lowest BCUT2D eigenvalue weighted by atomic mass is 9.94. The summed E-state index contributed by atoms with van der Waals surface area (Å²) in [6.45, 7) is 1.76. The van der Waals surface area contributed by atoms with E-state index in [2.05, 4.69) is 10.6 Å². The fourth-order valence-electron chi connectivity index (χ4n) is 3.32. The lowest BCUT2D eigenvalue weighted by Gasteiger charge is -2.26. The number of carbonyl (C=O) groups excluding carboxylic acids is 1. The number of carbonyl (C=O) groups is 1. The second-order valence-electron chi connectivity index (χ2n) is 6.69. The number of rotatable bonds is 6. The normalized spacial score (nSPS) is 16.1. The van der Waals surface area contributed by atoms with Crippen molar-refractivity contribution in [2.24, 2.45) is 5.92 Å². The zero-order valence-electron chi connectivity index (χ0n) is 15.0. The molecule has 4 nitrogen and oxygen atoms in total. The van der Waals surface area contributed by atoms with E-state index in [0.717, 1.165) is 42.8 Å². The third kappa shape index (κ3) is 4.82. The predicted octanol–water partition coefficient (Wildman–Crippen LogP) is 3.23. The summed E-state index contributed by atoms with van der Waals surface area (Å²) in [4.78, 5) is 12.7. The molecule has 0 saturated carbocycles. The number of ether oxygens (including phenoxy) is 1. The first-order valence-electron chi connectivity index (χ1n) is 9.05. The zero-order chi connectivity index (χ0) is 18.4. The van der Waals surface area contributed by atoms with Gasteiger partial charge >= 0.3 is 0 Å². The molecule has 1 unspecified atom stereocenters. The molecule has 138 valence electrons. The number of benzene rings is 2. The summed E-state index contributed by atoms with van der Waals surface area (Å²) in [5.41, 5.74) is 2.00. The summed E-state index contributed by atoms with van der Waals surface area (Å²) in [5, 5.41) is 6.49. The standard InChI is InChI=1S/C21H25FN2O2/c1-26-19-8-4-16(5-9-19)20(14-15-2-6-18(22)7-3-15)24-21(25)17-10-12-23-13-11-17/h2-9,17,20,23H,10-14H2,1H3,(H,24,25). The molecule has 1 heterocycles. The molecule has 0 bridgehead atoms. The summed E-state index contributed by atoms with van der Waals surface area (Å²) in [7, 11) is 1.63. The van der Waals surface area contributed by atoms with Crippen LogP contribution in [0.5, 0.6) is 5.75 Å². The first-order chi connectivity index (χ1) is 12.7. The Kier molecular flexibility index (Phi) is 6.23. The second kappa shape index (κ2) is 8.81. The van der Waals surface area contributed by atoms with Crippen LogP contribution in [0.1, 0.15) is 30.0 Å². The van der Waals surface area contributed by atoms with Crippen molar-refractivity contribution in [1.82, 2.24) is 10.6 Å². The van der Waals surface area contributed by atoms with Crippen molar-refractivity contribution in [3.05, 3.63) is 65.5 Å². The third-order valence-corrected chi connectivity index (χ3v) is 4.90. The average molecular weight is 356 g/mol. The van der Waals surface area contributed by atoms with E-state index in [9.17, 15) is 9.18 Å². The largest absolute Gasteiger partial charge is 0.497 e. The van der Waals surface area contributed by atoms with E-state index < -0.39 is 0 Å². The highest BCUT2D eigenvalue weighted by Gasteiger charge is 2.24. The van der Waals surface area contributed by atoms with Crippen molar-refractivity contribution < 1.29 is 13.9 Å². The van der Waals surface area contributed by atoms with Crippen molar-refractivity contribution in [2.45, 2.75) is 25.3 Å². The molecule has 1 fully saturated rings. The Hall–Kier alpha value is -2.40. The van der Waals surface area contributed by atoms with Gasteiger partial charge in [0.05, 0.1) is 13.2 Å². The molecule has 0 aromatic heterocycles. The van der Waals surface area contributed by atoms with Gasteiger partial charge in [0, 0.05) is 5.92 Å². The smallest absolute Gasteiger partial charge is 0.223 e. The molecule has 0 radical (unpaired) electrons. The molecular formula is C21H25FN2O2. The van der Waals surface area contributed by atoms with Gasteiger partial charge in [0.25, 0.3) is 0 Å². The molecule has 5 heteroatoms. The minimum absolute atomic E-state index is 0.0465. The van der Waals surface area contributed by atoms with E-state index in [1.165, 1.54) is 12.1 Å². The highest BCUT2D eigenvalue weighted by Crippen LogP contribution is 2.23. The fraction of sp³-hybridized carbons (Fsp3) is 0.381. The molecule has 2 aromatic carbocycles. The van der Waals surface area contributed by atoms with Gasteiger partial charge in [-0.1, -0.05) is 24.3 Å². The Morgan fingerprint density at radius 1 is 1.15 bits per heavy atom. The van der Waals surface area contributed by atoms with Crippen LogP contribution in [0.15, 0.2) is 48.5 Å². The summed E-state index contributed by atoms with van der Waals surface area (Å²) < 4.78 is 18.4. The van der Waals surface area contributed by atoms with Crippen molar-refractivity contribution in [3.8, 4) is 5.75 Å². The number of hydrogen-bond donors (Lipinski definition) is 2. The number of piperidine rings is 1. The van der Waals surface area contributed by atoms with Crippen LogP contribution >= 0.6 is 0 Å². The first-order valence-corrected chi connectivity index (χ1v) is 9.05. The van der Waals surface area contributed by atoms with Gasteiger partial charge in [0.1, 0.15) is 11.6 Å². The molecule has 1 aliphatic rings. The number of amides is 1. The Morgan fingerprint density at radius 3 is 2.42 bits per heavy atom. The van der Waals surface area contributed by atoms with Gasteiger partial charge in [-0.25, -0.2) is 4.39 Å². The highest BCUT2D eigenvalue weighted by atomic mass is 19.1. The van der Waals surface area contributed by atoms with Gasteiger partial charge < -0.3 is 15.4 Å². The van der Waals surface area contributed by atoms with Crippen LogP contribution in [-0.4, -0.2) is 26.1 Å². The van der Waals surface area contributed by atoms with Crippen LogP contribution in [0, 0.1) is 11.7 Å². The van der Waals surface area contributed by atoms with Gasteiger partial charge in [0.15, 0.2) is 0 Å². The Bertz CT molecular complexity index is 710. The van der Waals surface area contributed by atoms with Gasteiger partial charge in [-0.3, -0.25) is 4.79 Å². The van der Waals surface area contributed by atoms with E-state index in [4.69, 9.17) is 4.74 Å². The van der Waals surface area contributed by atoms with Crippen LogP contribution in [0.4, 0.5) is 4.39 Å². The first kappa shape index (κ1) is 18.4.